The highest BCUT2D eigenvalue weighted by Gasteiger charge is 2.32. The number of benzene rings is 1. The van der Waals surface area contributed by atoms with Crippen molar-refractivity contribution in [2.75, 3.05) is 40.5 Å². The first kappa shape index (κ1) is 20.2. The molecule has 1 aromatic heterocycles. The van der Waals surface area contributed by atoms with E-state index in [2.05, 4.69) is 10.2 Å². The predicted octanol–water partition coefficient (Wildman–Crippen LogP) is 2.51. The molecule has 2 rings (SSSR count). The lowest BCUT2D eigenvalue weighted by atomic mass is 10.0. The Kier molecular flexibility index (Phi) is 7.01. The van der Waals surface area contributed by atoms with Gasteiger partial charge in [0.1, 0.15) is 12.4 Å². The maximum absolute atomic E-state index is 13.3. The molecule has 0 amide bonds. The van der Waals surface area contributed by atoms with Crippen molar-refractivity contribution >= 4 is 0 Å². The number of rotatable bonds is 9. The van der Waals surface area contributed by atoms with Gasteiger partial charge in [-0.1, -0.05) is 0 Å². The average molecular weight is 372 g/mol. The Bertz CT molecular complexity index is 704. The van der Waals surface area contributed by atoms with Crippen molar-refractivity contribution in [3.63, 3.8) is 0 Å². The third kappa shape index (κ3) is 5.45. The number of hydrogen-bond donors (Lipinski definition) is 2. The van der Waals surface area contributed by atoms with Gasteiger partial charge in [-0.05, 0) is 25.2 Å². The summed E-state index contributed by atoms with van der Waals surface area (Å²) in [4.78, 5) is 1.97. The Morgan fingerprint density at radius 2 is 2.00 bits per heavy atom. The van der Waals surface area contributed by atoms with Crippen LogP contribution in [0.25, 0.3) is 11.3 Å². The number of hydrogen-bond acceptors (Lipinski definition) is 5. The van der Waals surface area contributed by atoms with Crippen LogP contribution in [0.4, 0.5) is 13.2 Å². The molecule has 0 radical (unpaired) electrons. The van der Waals surface area contributed by atoms with Crippen molar-refractivity contribution in [3.05, 3.63) is 35.5 Å². The molecule has 0 unspecified atom stereocenters. The molecule has 3 N–H and O–H groups in total. The zero-order valence-electron chi connectivity index (χ0n) is 14.8. The Morgan fingerprint density at radius 1 is 1.23 bits per heavy atom. The van der Waals surface area contributed by atoms with Crippen LogP contribution in [0.3, 0.4) is 0 Å². The first-order valence-corrected chi connectivity index (χ1v) is 8.10. The summed E-state index contributed by atoms with van der Waals surface area (Å²) >= 11 is 0. The minimum atomic E-state index is -4.48. The lowest BCUT2D eigenvalue weighted by molar-refractivity contribution is -0.137. The number of halogens is 3. The Morgan fingerprint density at radius 3 is 2.65 bits per heavy atom. The molecule has 0 atom stereocenters. The molecule has 1 aromatic carbocycles. The van der Waals surface area contributed by atoms with E-state index >= 15 is 0 Å². The molecule has 0 saturated carbocycles. The second-order valence-corrected chi connectivity index (χ2v) is 5.88. The highest BCUT2D eigenvalue weighted by atomic mass is 19.4. The number of ether oxygens (including phenoxy) is 2. The molecule has 0 spiro atoms. The summed E-state index contributed by atoms with van der Waals surface area (Å²) in [5.41, 5.74) is 6.42. The van der Waals surface area contributed by atoms with Gasteiger partial charge in [-0.15, -0.1) is 0 Å². The highest BCUT2D eigenvalue weighted by molar-refractivity contribution is 5.65. The zero-order chi connectivity index (χ0) is 19.2. The van der Waals surface area contributed by atoms with E-state index in [0.717, 1.165) is 17.7 Å². The van der Waals surface area contributed by atoms with Crippen LogP contribution in [0.5, 0.6) is 5.75 Å². The highest BCUT2D eigenvalue weighted by Crippen LogP contribution is 2.36. The van der Waals surface area contributed by atoms with Crippen LogP contribution in [-0.4, -0.2) is 55.6 Å². The molecule has 0 aliphatic carbocycles. The van der Waals surface area contributed by atoms with Gasteiger partial charge in [0, 0.05) is 37.9 Å². The molecule has 2 aromatic rings. The van der Waals surface area contributed by atoms with E-state index in [0.29, 0.717) is 30.9 Å². The first-order valence-electron chi connectivity index (χ1n) is 8.10. The maximum atomic E-state index is 13.3. The van der Waals surface area contributed by atoms with Crippen LogP contribution in [0.1, 0.15) is 11.1 Å². The lowest BCUT2D eigenvalue weighted by Crippen LogP contribution is -2.25. The van der Waals surface area contributed by atoms with Crippen LogP contribution in [0.15, 0.2) is 24.4 Å². The molecule has 0 bridgehead atoms. The Hall–Kier alpha value is -2.10. The van der Waals surface area contributed by atoms with E-state index in [4.69, 9.17) is 15.2 Å². The van der Waals surface area contributed by atoms with E-state index in [1.54, 1.807) is 12.3 Å². The fraction of sp³-hybridized carbons (Fsp3) is 0.471. The van der Waals surface area contributed by atoms with Crippen LogP contribution in [0.2, 0.25) is 0 Å². The summed E-state index contributed by atoms with van der Waals surface area (Å²) in [5, 5.41) is 6.77. The second-order valence-electron chi connectivity index (χ2n) is 5.88. The topological polar surface area (TPSA) is 76.4 Å². The van der Waals surface area contributed by atoms with Crippen LogP contribution < -0.4 is 10.5 Å². The second kappa shape index (κ2) is 9.02. The van der Waals surface area contributed by atoms with Gasteiger partial charge in [0.15, 0.2) is 0 Å². The van der Waals surface area contributed by atoms with Gasteiger partial charge in [0.25, 0.3) is 0 Å². The van der Waals surface area contributed by atoms with Crippen molar-refractivity contribution in [2.24, 2.45) is 5.73 Å². The molecule has 0 aliphatic rings. The first-order chi connectivity index (χ1) is 12.3. The van der Waals surface area contributed by atoms with Gasteiger partial charge in [0.2, 0.25) is 0 Å². The molecule has 9 heteroatoms. The normalized spacial score (nSPS) is 12.0. The summed E-state index contributed by atoms with van der Waals surface area (Å²) in [7, 11) is 3.38. The number of nitrogens with zero attached hydrogens (tertiary/aromatic N) is 2. The quantitative estimate of drug-likeness (QED) is 0.662. The Labute approximate surface area is 150 Å². The van der Waals surface area contributed by atoms with Crippen molar-refractivity contribution in [1.29, 1.82) is 0 Å². The maximum Gasteiger partial charge on any atom is 0.416 e. The number of alkyl halides is 3. The number of aromatic nitrogens is 2. The molecule has 6 nitrogen and oxygen atoms in total. The third-order valence-corrected chi connectivity index (χ3v) is 3.75. The molecule has 0 saturated heterocycles. The number of methoxy groups -OCH3 is 1. The fourth-order valence-electron chi connectivity index (χ4n) is 2.50. The van der Waals surface area contributed by atoms with Crippen molar-refractivity contribution in [3.8, 4) is 17.0 Å². The largest absolute Gasteiger partial charge is 0.491 e. The summed E-state index contributed by atoms with van der Waals surface area (Å²) in [6.07, 6.45) is -2.88. The van der Waals surface area contributed by atoms with Crippen molar-refractivity contribution < 1.29 is 22.6 Å². The van der Waals surface area contributed by atoms with Crippen LogP contribution >= 0.6 is 0 Å². The van der Waals surface area contributed by atoms with Gasteiger partial charge < -0.3 is 20.1 Å². The van der Waals surface area contributed by atoms with E-state index in [1.807, 2.05) is 11.9 Å². The molecular formula is C17H23F3N4O2. The molecule has 0 aliphatic heterocycles. The number of aromatic amines is 1. The van der Waals surface area contributed by atoms with Gasteiger partial charge in [-0.2, -0.15) is 18.3 Å². The molecule has 144 valence electrons. The number of nitrogens with two attached hydrogens (primary N) is 1. The zero-order valence-corrected chi connectivity index (χ0v) is 14.8. The summed E-state index contributed by atoms with van der Waals surface area (Å²) in [6.45, 7) is 2.11. The lowest BCUT2D eigenvalue weighted by Gasteiger charge is -2.16. The van der Waals surface area contributed by atoms with E-state index < -0.39 is 11.7 Å². The van der Waals surface area contributed by atoms with Crippen LogP contribution in [-0.2, 0) is 17.5 Å². The summed E-state index contributed by atoms with van der Waals surface area (Å²) < 4.78 is 50.0. The monoisotopic (exact) mass is 372 g/mol. The summed E-state index contributed by atoms with van der Waals surface area (Å²) in [5.74, 6) is 0.128. The average Bonchev–Trinajstić information content (AvgIpc) is 3.02. The van der Waals surface area contributed by atoms with Crippen molar-refractivity contribution in [2.45, 2.75) is 12.7 Å². The molecule has 1 heterocycles. The number of likely N-dealkylation sites (N-methyl/N-ethyl adjacent to an activating group) is 1. The fourth-order valence-corrected chi connectivity index (χ4v) is 2.50. The van der Waals surface area contributed by atoms with E-state index in [1.165, 1.54) is 7.11 Å². The van der Waals surface area contributed by atoms with Gasteiger partial charge >= 0.3 is 6.18 Å². The SMILES string of the molecule is COCCOc1cc(-c2[nH]ncc2CN(C)CCN)cc(C(F)(F)F)c1. The summed E-state index contributed by atoms with van der Waals surface area (Å²) in [6, 6.07) is 3.63. The van der Waals surface area contributed by atoms with Crippen molar-refractivity contribution in [1.82, 2.24) is 15.1 Å². The predicted molar refractivity (Wildman–Crippen MR) is 91.8 cm³/mol. The van der Waals surface area contributed by atoms with Gasteiger partial charge in [-0.3, -0.25) is 5.10 Å². The van der Waals surface area contributed by atoms with E-state index in [9.17, 15) is 13.2 Å². The standard InChI is InChI=1S/C17H23F3N4O2/c1-24(4-3-21)11-13-10-22-23-16(13)12-7-14(17(18,19)20)9-15(8-12)26-6-5-25-2/h7-10H,3-6,11,21H2,1-2H3,(H,22,23). The third-order valence-electron chi connectivity index (χ3n) is 3.75. The molecule has 0 fully saturated rings. The Balaban J connectivity index is 2.36. The molecular weight excluding hydrogens is 349 g/mol. The number of nitrogens with one attached hydrogen (secondary N) is 1. The smallest absolute Gasteiger partial charge is 0.416 e. The molecule has 26 heavy (non-hydrogen) atoms. The number of H-pyrrole nitrogens is 1. The minimum Gasteiger partial charge on any atom is -0.491 e. The minimum absolute atomic E-state index is 0.128. The van der Waals surface area contributed by atoms with Gasteiger partial charge in [0.05, 0.1) is 24.1 Å². The van der Waals surface area contributed by atoms with Gasteiger partial charge in [-0.25, -0.2) is 0 Å². The van der Waals surface area contributed by atoms with Crippen LogP contribution in [0, 0.1) is 0 Å². The van der Waals surface area contributed by atoms with E-state index in [-0.39, 0.29) is 19.0 Å².